The first-order valence-electron chi connectivity index (χ1n) is 12.9. The molecular formula is C31H27FN6O2. The van der Waals surface area contributed by atoms with E-state index in [0.29, 0.717) is 23.6 Å². The summed E-state index contributed by atoms with van der Waals surface area (Å²) in [5, 5.41) is 12.4. The van der Waals surface area contributed by atoms with Crippen LogP contribution in [0.2, 0.25) is 0 Å². The van der Waals surface area contributed by atoms with Crippen molar-refractivity contribution in [3.8, 4) is 39.5 Å². The lowest BCUT2D eigenvalue weighted by atomic mass is 10.0. The molecule has 0 aliphatic carbocycles. The molecule has 0 radical (unpaired) electrons. The van der Waals surface area contributed by atoms with Gasteiger partial charge in [0.15, 0.2) is 0 Å². The van der Waals surface area contributed by atoms with Gasteiger partial charge in [-0.25, -0.2) is 4.39 Å². The van der Waals surface area contributed by atoms with E-state index in [9.17, 15) is 9.18 Å². The van der Waals surface area contributed by atoms with E-state index in [1.165, 1.54) is 19.2 Å². The largest absolute Gasteiger partial charge is 0.497 e. The lowest BCUT2D eigenvalue weighted by Crippen LogP contribution is -2.13. The Bertz CT molecular complexity index is 1870. The van der Waals surface area contributed by atoms with Gasteiger partial charge in [0.2, 0.25) is 5.91 Å². The molecule has 0 aliphatic rings. The van der Waals surface area contributed by atoms with Crippen molar-refractivity contribution in [1.82, 2.24) is 25.1 Å². The Balaban J connectivity index is 1.38. The molecule has 0 bridgehead atoms. The number of fused-ring (bicyclic) bond motifs is 2. The molecule has 2 aromatic carbocycles. The maximum atomic E-state index is 14.3. The number of rotatable bonds is 7. The molecule has 8 nitrogen and oxygen atoms in total. The summed E-state index contributed by atoms with van der Waals surface area (Å²) in [7, 11) is 1.52. The Morgan fingerprint density at radius 1 is 1.00 bits per heavy atom. The second-order valence-corrected chi connectivity index (χ2v) is 10.1. The molecule has 3 N–H and O–H groups in total. The van der Waals surface area contributed by atoms with Gasteiger partial charge < -0.3 is 15.0 Å². The third-order valence-corrected chi connectivity index (χ3v) is 6.70. The molecule has 0 unspecified atom stereocenters. The van der Waals surface area contributed by atoms with E-state index in [-0.39, 0.29) is 17.6 Å². The van der Waals surface area contributed by atoms with E-state index >= 15 is 0 Å². The second kappa shape index (κ2) is 10.3. The summed E-state index contributed by atoms with van der Waals surface area (Å²) in [5.41, 5.74) is 6.91. The van der Waals surface area contributed by atoms with Crippen LogP contribution in [0.3, 0.4) is 0 Å². The van der Waals surface area contributed by atoms with Gasteiger partial charge in [0.25, 0.3) is 0 Å². The number of nitrogens with zero attached hydrogens (tertiary/aromatic N) is 3. The predicted octanol–water partition coefficient (Wildman–Crippen LogP) is 6.97. The molecule has 9 heteroatoms. The molecule has 0 saturated heterocycles. The average molecular weight is 535 g/mol. The Labute approximate surface area is 229 Å². The average Bonchev–Trinajstić information content (AvgIpc) is 3.56. The van der Waals surface area contributed by atoms with Crippen LogP contribution in [0.15, 0.2) is 73.2 Å². The zero-order chi connectivity index (χ0) is 27.8. The molecule has 6 rings (SSSR count). The van der Waals surface area contributed by atoms with E-state index in [2.05, 4.69) is 30.5 Å². The number of benzene rings is 2. The fraction of sp³-hybridized carbons (Fsp3) is 0.161. The third-order valence-electron chi connectivity index (χ3n) is 6.70. The van der Waals surface area contributed by atoms with Crippen LogP contribution >= 0.6 is 0 Å². The third kappa shape index (κ3) is 4.89. The zero-order valence-corrected chi connectivity index (χ0v) is 22.2. The van der Waals surface area contributed by atoms with Crippen molar-refractivity contribution < 1.29 is 13.9 Å². The van der Waals surface area contributed by atoms with Gasteiger partial charge in [-0.05, 0) is 53.4 Å². The number of anilines is 1. The van der Waals surface area contributed by atoms with Crippen LogP contribution in [-0.4, -0.2) is 38.2 Å². The SMILES string of the molecule is COc1cc(F)cc(-c2cccc3[nH]c(-c4n[nH]c5cnc(-c6cncc(NC(=O)CC(C)C)c6)cc45)cc23)c1. The number of pyridine rings is 2. The Kier molecular flexibility index (Phi) is 6.47. The number of halogens is 1. The number of aromatic nitrogens is 5. The highest BCUT2D eigenvalue weighted by Gasteiger charge is 2.16. The van der Waals surface area contributed by atoms with Gasteiger partial charge in [-0.1, -0.05) is 26.0 Å². The van der Waals surface area contributed by atoms with Crippen molar-refractivity contribution in [2.45, 2.75) is 20.3 Å². The number of H-pyrrole nitrogens is 2. The summed E-state index contributed by atoms with van der Waals surface area (Å²) in [6.45, 7) is 4.00. The maximum absolute atomic E-state index is 14.3. The Morgan fingerprint density at radius 3 is 2.70 bits per heavy atom. The van der Waals surface area contributed by atoms with Crippen molar-refractivity contribution in [1.29, 1.82) is 0 Å². The molecule has 0 fully saturated rings. The minimum atomic E-state index is -0.363. The fourth-order valence-electron chi connectivity index (χ4n) is 4.88. The lowest BCUT2D eigenvalue weighted by molar-refractivity contribution is -0.116. The van der Waals surface area contributed by atoms with Crippen LogP contribution in [-0.2, 0) is 4.79 Å². The molecule has 0 spiro atoms. The van der Waals surface area contributed by atoms with Crippen molar-refractivity contribution in [3.05, 3.63) is 79.0 Å². The summed E-state index contributed by atoms with van der Waals surface area (Å²) in [6, 6.07) is 16.4. The highest BCUT2D eigenvalue weighted by molar-refractivity contribution is 6.01. The van der Waals surface area contributed by atoms with Crippen molar-refractivity contribution in [2.75, 3.05) is 12.4 Å². The van der Waals surface area contributed by atoms with Crippen LogP contribution in [0, 0.1) is 11.7 Å². The van der Waals surface area contributed by atoms with Gasteiger partial charge in [0.05, 0.1) is 42.1 Å². The number of hydrogen-bond donors (Lipinski definition) is 3. The van der Waals surface area contributed by atoms with Gasteiger partial charge in [0.1, 0.15) is 17.3 Å². The summed E-state index contributed by atoms with van der Waals surface area (Å²) in [5.74, 6) is 0.305. The summed E-state index contributed by atoms with van der Waals surface area (Å²) >= 11 is 0. The quantitative estimate of drug-likeness (QED) is 0.205. The minimum absolute atomic E-state index is 0.0515. The molecule has 0 atom stereocenters. The van der Waals surface area contributed by atoms with Crippen molar-refractivity contribution >= 4 is 33.4 Å². The molecule has 40 heavy (non-hydrogen) atoms. The maximum Gasteiger partial charge on any atom is 0.224 e. The van der Waals surface area contributed by atoms with Gasteiger partial charge in [-0.2, -0.15) is 5.10 Å². The first kappa shape index (κ1) is 25.2. The van der Waals surface area contributed by atoms with Crippen LogP contribution in [0.5, 0.6) is 5.75 Å². The molecule has 4 aromatic heterocycles. The highest BCUT2D eigenvalue weighted by Crippen LogP contribution is 2.36. The zero-order valence-electron chi connectivity index (χ0n) is 22.2. The molecule has 1 amide bonds. The van der Waals surface area contributed by atoms with Gasteiger partial charge in [-0.15, -0.1) is 0 Å². The molecule has 6 aromatic rings. The van der Waals surface area contributed by atoms with Gasteiger partial charge >= 0.3 is 0 Å². The van der Waals surface area contributed by atoms with Gasteiger partial charge in [-0.3, -0.25) is 19.9 Å². The number of carbonyl (C=O) groups excluding carboxylic acids is 1. The number of ether oxygens (including phenoxy) is 1. The van der Waals surface area contributed by atoms with E-state index in [1.54, 1.807) is 18.6 Å². The van der Waals surface area contributed by atoms with E-state index in [4.69, 9.17) is 4.74 Å². The number of methoxy groups -OCH3 is 1. The number of hydrogen-bond acceptors (Lipinski definition) is 5. The van der Waals surface area contributed by atoms with Crippen LogP contribution in [0.4, 0.5) is 10.1 Å². The number of carbonyl (C=O) groups is 1. The summed E-state index contributed by atoms with van der Waals surface area (Å²) in [6.07, 6.45) is 5.51. The minimum Gasteiger partial charge on any atom is -0.497 e. The highest BCUT2D eigenvalue weighted by atomic mass is 19.1. The predicted molar refractivity (Wildman–Crippen MR) is 154 cm³/mol. The number of aromatic amines is 2. The molecule has 0 aliphatic heterocycles. The first-order chi connectivity index (χ1) is 19.4. The smallest absolute Gasteiger partial charge is 0.224 e. The van der Waals surface area contributed by atoms with E-state index in [0.717, 1.165) is 49.9 Å². The van der Waals surface area contributed by atoms with Crippen LogP contribution in [0.1, 0.15) is 20.3 Å². The van der Waals surface area contributed by atoms with E-state index < -0.39 is 0 Å². The molecule has 4 heterocycles. The summed E-state index contributed by atoms with van der Waals surface area (Å²) in [4.78, 5) is 24.6. The van der Waals surface area contributed by atoms with Crippen molar-refractivity contribution in [2.24, 2.45) is 5.92 Å². The molecule has 200 valence electrons. The topological polar surface area (TPSA) is 109 Å². The Morgan fingerprint density at radius 2 is 1.88 bits per heavy atom. The van der Waals surface area contributed by atoms with E-state index in [1.807, 2.05) is 56.3 Å². The monoisotopic (exact) mass is 534 g/mol. The van der Waals surface area contributed by atoms with Crippen LogP contribution in [0.25, 0.3) is 55.6 Å². The normalized spacial score (nSPS) is 11.4. The number of nitrogens with one attached hydrogen (secondary N) is 3. The summed E-state index contributed by atoms with van der Waals surface area (Å²) < 4.78 is 19.6. The van der Waals surface area contributed by atoms with Gasteiger partial charge in [0, 0.05) is 40.5 Å². The Hall–Kier alpha value is -5.05. The van der Waals surface area contributed by atoms with Crippen LogP contribution < -0.4 is 10.1 Å². The lowest BCUT2D eigenvalue weighted by Gasteiger charge is -2.08. The second-order valence-electron chi connectivity index (χ2n) is 10.1. The first-order valence-corrected chi connectivity index (χ1v) is 12.9. The fourth-order valence-corrected chi connectivity index (χ4v) is 4.88. The number of amides is 1. The molecule has 0 saturated carbocycles. The van der Waals surface area contributed by atoms with Crippen molar-refractivity contribution in [3.63, 3.8) is 0 Å². The standard InChI is InChI=1S/C31H27FN6O2/c1-17(2)7-30(39)35-21-9-19(14-33-15-21)27-13-25-29(16-34-27)37-38-31(25)28-12-24-23(5-4-6-26(24)36-28)18-8-20(32)11-22(10-18)40-3/h4-6,8-17,36H,7H2,1-3H3,(H,35,39)(H,37,38). The molecular weight excluding hydrogens is 507 g/mol.